The number of nitrogens with zero attached hydrogens (tertiary/aromatic N) is 1. The van der Waals surface area contributed by atoms with Crippen LogP contribution in [0.15, 0.2) is 42.6 Å². The van der Waals surface area contributed by atoms with Crippen LogP contribution in [-0.2, 0) is 11.0 Å². The third kappa shape index (κ3) is 4.46. The van der Waals surface area contributed by atoms with E-state index in [9.17, 15) is 18.0 Å². The number of carbonyl (C=O) groups excluding carboxylic acids is 1. The Balaban J connectivity index is 1.56. The summed E-state index contributed by atoms with van der Waals surface area (Å²) in [6, 6.07) is 9.44. The Morgan fingerprint density at radius 3 is 2.50 bits per heavy atom. The molecule has 0 aliphatic carbocycles. The minimum absolute atomic E-state index is 0.0664. The fraction of sp³-hybridized carbons (Fsp3) is 0.333. The molecule has 8 heteroatoms. The number of H-pyrrole nitrogens is 1. The SMILES string of the molecule is O=C(Nc1cccc(Cl)c1)C1CCN(c2ccc(C(F)(F)F)c[nH+]2)CC1. The molecule has 2 heterocycles. The van der Waals surface area contributed by atoms with E-state index in [1.807, 2.05) is 4.90 Å². The summed E-state index contributed by atoms with van der Waals surface area (Å²) in [4.78, 5) is 17.0. The summed E-state index contributed by atoms with van der Waals surface area (Å²) in [6.45, 7) is 1.19. The van der Waals surface area contributed by atoms with E-state index in [1.165, 1.54) is 6.07 Å². The molecule has 0 spiro atoms. The van der Waals surface area contributed by atoms with Gasteiger partial charge in [0, 0.05) is 22.7 Å². The molecule has 1 amide bonds. The van der Waals surface area contributed by atoms with Gasteiger partial charge in [-0.15, -0.1) is 0 Å². The smallest absolute Gasteiger partial charge is 0.326 e. The molecule has 26 heavy (non-hydrogen) atoms. The molecule has 0 atom stereocenters. The van der Waals surface area contributed by atoms with Crippen LogP contribution in [0.5, 0.6) is 0 Å². The minimum atomic E-state index is -4.36. The Labute approximate surface area is 154 Å². The molecule has 0 saturated carbocycles. The maximum atomic E-state index is 12.6. The Morgan fingerprint density at radius 1 is 1.19 bits per heavy atom. The van der Waals surface area contributed by atoms with Crippen LogP contribution in [0.25, 0.3) is 0 Å². The van der Waals surface area contributed by atoms with Crippen molar-refractivity contribution in [3.63, 3.8) is 0 Å². The van der Waals surface area contributed by atoms with E-state index < -0.39 is 11.7 Å². The molecular weight excluding hydrogens is 367 g/mol. The van der Waals surface area contributed by atoms with E-state index in [2.05, 4.69) is 10.3 Å². The van der Waals surface area contributed by atoms with Gasteiger partial charge in [0.05, 0.1) is 18.7 Å². The van der Waals surface area contributed by atoms with Gasteiger partial charge in [-0.05, 0) is 37.1 Å². The maximum Gasteiger partial charge on any atom is 0.419 e. The number of halogens is 4. The quantitative estimate of drug-likeness (QED) is 0.868. The van der Waals surface area contributed by atoms with Crippen LogP contribution >= 0.6 is 11.6 Å². The largest absolute Gasteiger partial charge is 0.419 e. The van der Waals surface area contributed by atoms with E-state index >= 15 is 0 Å². The van der Waals surface area contributed by atoms with Gasteiger partial charge in [-0.3, -0.25) is 9.69 Å². The maximum absolute atomic E-state index is 12.6. The first-order valence-corrected chi connectivity index (χ1v) is 8.61. The Kier molecular flexibility index (Phi) is 5.36. The Morgan fingerprint density at radius 2 is 1.92 bits per heavy atom. The second-order valence-corrected chi connectivity index (χ2v) is 6.66. The van der Waals surface area contributed by atoms with Crippen LogP contribution in [-0.4, -0.2) is 19.0 Å². The fourth-order valence-corrected chi connectivity index (χ4v) is 3.17. The van der Waals surface area contributed by atoms with Crippen molar-refractivity contribution in [3.8, 4) is 0 Å². The molecule has 1 fully saturated rings. The predicted octanol–water partition coefficient (Wildman–Crippen LogP) is 4.03. The molecule has 0 bridgehead atoms. The second kappa shape index (κ2) is 7.53. The second-order valence-electron chi connectivity index (χ2n) is 6.22. The number of nitrogens with one attached hydrogen (secondary N) is 2. The summed E-state index contributed by atoms with van der Waals surface area (Å²) in [6.07, 6.45) is -2.14. The first-order chi connectivity index (χ1) is 12.3. The average Bonchev–Trinajstić information content (AvgIpc) is 2.61. The molecule has 0 radical (unpaired) electrons. The van der Waals surface area contributed by atoms with Crippen molar-refractivity contribution in [2.75, 3.05) is 23.3 Å². The molecule has 138 valence electrons. The van der Waals surface area contributed by atoms with Gasteiger partial charge in [0.2, 0.25) is 5.91 Å². The van der Waals surface area contributed by atoms with Crippen LogP contribution in [0.2, 0.25) is 5.02 Å². The highest BCUT2D eigenvalue weighted by Crippen LogP contribution is 2.29. The van der Waals surface area contributed by atoms with E-state index in [0.29, 0.717) is 42.5 Å². The summed E-state index contributed by atoms with van der Waals surface area (Å²) < 4.78 is 37.9. The number of pyridine rings is 1. The van der Waals surface area contributed by atoms with E-state index in [4.69, 9.17) is 11.6 Å². The highest BCUT2D eigenvalue weighted by molar-refractivity contribution is 6.30. The fourth-order valence-electron chi connectivity index (χ4n) is 2.98. The average molecular weight is 385 g/mol. The topological polar surface area (TPSA) is 46.5 Å². The van der Waals surface area contributed by atoms with Gasteiger partial charge in [0.25, 0.3) is 5.82 Å². The highest BCUT2D eigenvalue weighted by atomic mass is 35.5. The minimum Gasteiger partial charge on any atom is -0.326 e. The number of alkyl halides is 3. The van der Waals surface area contributed by atoms with Crippen molar-refractivity contribution in [1.29, 1.82) is 0 Å². The molecule has 1 aromatic carbocycles. The van der Waals surface area contributed by atoms with E-state index in [0.717, 1.165) is 12.3 Å². The van der Waals surface area contributed by atoms with Crippen molar-refractivity contribution in [2.45, 2.75) is 19.0 Å². The van der Waals surface area contributed by atoms with Crippen LogP contribution in [0, 0.1) is 5.92 Å². The van der Waals surface area contributed by atoms with Crippen molar-refractivity contribution < 1.29 is 22.9 Å². The molecule has 2 N–H and O–H groups in total. The zero-order chi connectivity index (χ0) is 18.7. The summed E-state index contributed by atoms with van der Waals surface area (Å²) in [7, 11) is 0. The molecule has 2 aromatic rings. The third-order valence-corrected chi connectivity index (χ3v) is 4.66. The molecule has 3 rings (SSSR count). The zero-order valence-corrected chi connectivity index (χ0v) is 14.6. The van der Waals surface area contributed by atoms with E-state index in [-0.39, 0.29) is 11.8 Å². The lowest BCUT2D eigenvalue weighted by Crippen LogP contribution is -2.40. The lowest BCUT2D eigenvalue weighted by Gasteiger charge is -2.27. The molecule has 4 nitrogen and oxygen atoms in total. The number of rotatable bonds is 3. The molecule has 1 saturated heterocycles. The summed E-state index contributed by atoms with van der Waals surface area (Å²) in [5.74, 6) is 0.412. The van der Waals surface area contributed by atoms with Gasteiger partial charge in [-0.25, -0.2) is 4.98 Å². The number of piperidine rings is 1. The van der Waals surface area contributed by atoms with E-state index in [1.54, 1.807) is 24.3 Å². The van der Waals surface area contributed by atoms with Crippen molar-refractivity contribution >= 4 is 29.0 Å². The first-order valence-electron chi connectivity index (χ1n) is 8.23. The summed E-state index contributed by atoms with van der Waals surface area (Å²) in [5, 5.41) is 3.41. The Hall–Kier alpha value is -2.28. The predicted molar refractivity (Wildman–Crippen MR) is 93.0 cm³/mol. The lowest BCUT2D eigenvalue weighted by atomic mass is 9.95. The van der Waals surface area contributed by atoms with Crippen molar-refractivity contribution in [1.82, 2.24) is 0 Å². The molecule has 1 aromatic heterocycles. The van der Waals surface area contributed by atoms with Gasteiger partial charge in [-0.1, -0.05) is 17.7 Å². The van der Waals surface area contributed by atoms with Crippen molar-refractivity contribution in [2.24, 2.45) is 5.92 Å². The van der Waals surface area contributed by atoms with Gasteiger partial charge in [-0.2, -0.15) is 13.2 Å². The van der Waals surface area contributed by atoms with Gasteiger partial charge in [0.1, 0.15) is 6.20 Å². The number of hydrogen-bond donors (Lipinski definition) is 1. The van der Waals surface area contributed by atoms with Crippen LogP contribution in [0.4, 0.5) is 24.7 Å². The number of amides is 1. The zero-order valence-electron chi connectivity index (χ0n) is 13.8. The molecule has 1 aliphatic heterocycles. The molecule has 0 unspecified atom stereocenters. The number of hydrogen-bond acceptors (Lipinski definition) is 2. The lowest BCUT2D eigenvalue weighted by molar-refractivity contribution is -0.367. The third-order valence-electron chi connectivity index (χ3n) is 4.42. The number of aromatic nitrogens is 1. The summed E-state index contributed by atoms with van der Waals surface area (Å²) >= 11 is 5.91. The number of anilines is 2. The highest BCUT2D eigenvalue weighted by Gasteiger charge is 2.33. The van der Waals surface area contributed by atoms with Crippen LogP contribution in [0.3, 0.4) is 0 Å². The molecule has 1 aliphatic rings. The number of carbonyl (C=O) groups is 1. The standard InChI is InChI=1S/C18H17ClF3N3O/c19-14-2-1-3-15(10-14)24-17(26)12-6-8-25(9-7-12)16-5-4-13(11-23-16)18(20,21)22/h1-5,10-12H,6-9H2,(H,24,26)/p+1. The Bertz CT molecular complexity index is 772. The molecular formula is C18H18ClF3N3O+. The van der Waals surface area contributed by atoms with Gasteiger partial charge in [0.15, 0.2) is 0 Å². The van der Waals surface area contributed by atoms with Gasteiger partial charge < -0.3 is 5.32 Å². The number of aromatic amines is 1. The van der Waals surface area contributed by atoms with Crippen molar-refractivity contribution in [3.05, 3.63) is 53.2 Å². The van der Waals surface area contributed by atoms with Gasteiger partial charge >= 0.3 is 6.18 Å². The number of benzene rings is 1. The summed E-state index contributed by atoms with van der Waals surface area (Å²) in [5.41, 5.74) is -0.0574. The monoisotopic (exact) mass is 384 g/mol. The van der Waals surface area contributed by atoms with Crippen LogP contribution < -0.4 is 15.2 Å². The normalized spacial score (nSPS) is 15.8. The first kappa shape index (κ1) is 18.5. The van der Waals surface area contributed by atoms with Crippen LogP contribution in [0.1, 0.15) is 18.4 Å².